The minimum Gasteiger partial charge on any atom is -0.495 e. The van der Waals surface area contributed by atoms with Crippen LogP contribution in [0.25, 0.3) is 17.0 Å². The normalized spacial score (nSPS) is 17.5. The Labute approximate surface area is 182 Å². The zero-order valence-corrected chi connectivity index (χ0v) is 18.4. The van der Waals surface area contributed by atoms with Crippen molar-refractivity contribution in [2.75, 3.05) is 39.2 Å². The summed E-state index contributed by atoms with van der Waals surface area (Å²) in [6, 6.07) is 6.53. The Kier molecular flexibility index (Phi) is 5.50. The van der Waals surface area contributed by atoms with Gasteiger partial charge in [-0.2, -0.15) is 5.10 Å². The van der Waals surface area contributed by atoms with E-state index in [2.05, 4.69) is 34.7 Å². The molecule has 1 aliphatic carbocycles. The fourth-order valence-electron chi connectivity index (χ4n) is 4.10. The number of aromatic nitrogens is 4. The van der Waals surface area contributed by atoms with Crippen LogP contribution in [-0.4, -0.2) is 59.5 Å². The molecule has 2 fully saturated rings. The number of ether oxygens (including phenoxy) is 2. The summed E-state index contributed by atoms with van der Waals surface area (Å²) in [6.45, 7) is 4.57. The zero-order valence-electron chi connectivity index (χ0n) is 18.4. The highest BCUT2D eigenvalue weighted by Gasteiger charge is 2.30. The van der Waals surface area contributed by atoms with Crippen molar-refractivity contribution in [1.29, 1.82) is 0 Å². The number of fused-ring (bicyclic) bond motifs is 1. The predicted molar refractivity (Wildman–Crippen MR) is 120 cm³/mol. The fourth-order valence-corrected chi connectivity index (χ4v) is 4.10. The second kappa shape index (κ2) is 8.43. The second-order valence-corrected chi connectivity index (χ2v) is 8.46. The molecule has 3 aromatic rings. The van der Waals surface area contributed by atoms with Gasteiger partial charge in [0.05, 0.1) is 32.2 Å². The first-order chi connectivity index (χ1) is 15.2. The van der Waals surface area contributed by atoms with Crippen LogP contribution in [0.3, 0.4) is 0 Å². The first-order valence-electron chi connectivity index (χ1n) is 11.1. The van der Waals surface area contributed by atoms with Gasteiger partial charge in [-0.25, -0.2) is 14.5 Å². The number of likely N-dealkylation sites (N-methyl/N-ethyl adjacent to an activating group) is 1. The molecule has 0 radical (unpaired) electrons. The Bertz CT molecular complexity index is 1070. The van der Waals surface area contributed by atoms with Crippen LogP contribution < -0.4 is 15.4 Å². The van der Waals surface area contributed by atoms with Crippen molar-refractivity contribution in [3.8, 4) is 17.1 Å². The first kappa shape index (κ1) is 20.2. The molecular weight excluding hydrogens is 392 g/mol. The van der Waals surface area contributed by atoms with Gasteiger partial charge in [-0.15, -0.1) is 0 Å². The Balaban J connectivity index is 1.56. The van der Waals surface area contributed by atoms with Gasteiger partial charge in [0.1, 0.15) is 23.0 Å². The molecule has 2 aliphatic rings. The summed E-state index contributed by atoms with van der Waals surface area (Å²) in [4.78, 5) is 9.62. The van der Waals surface area contributed by atoms with Crippen molar-refractivity contribution in [2.45, 2.75) is 44.1 Å². The third-order valence-electron chi connectivity index (χ3n) is 6.22. The van der Waals surface area contributed by atoms with Gasteiger partial charge in [-0.05, 0) is 32.4 Å². The molecule has 1 aliphatic heterocycles. The third kappa shape index (κ3) is 3.85. The van der Waals surface area contributed by atoms with Crippen LogP contribution in [0.2, 0.25) is 0 Å². The Hall–Kier alpha value is -2.71. The summed E-state index contributed by atoms with van der Waals surface area (Å²) >= 11 is 0. The van der Waals surface area contributed by atoms with Gasteiger partial charge in [0.15, 0.2) is 5.65 Å². The minimum atomic E-state index is 0.304. The van der Waals surface area contributed by atoms with E-state index in [0.29, 0.717) is 17.9 Å². The number of rotatable bonds is 9. The summed E-state index contributed by atoms with van der Waals surface area (Å²) in [7, 11) is 3.67. The topological polar surface area (TPSA) is 85.6 Å². The molecule has 3 aromatic heterocycles. The van der Waals surface area contributed by atoms with Crippen LogP contribution in [0.5, 0.6) is 5.75 Å². The van der Waals surface area contributed by atoms with Gasteiger partial charge >= 0.3 is 0 Å². The summed E-state index contributed by atoms with van der Waals surface area (Å²) in [5.74, 6) is 2.62. The first-order valence-corrected chi connectivity index (χ1v) is 11.1. The molecule has 0 bridgehead atoms. The minimum absolute atomic E-state index is 0.304. The number of methoxy groups -OCH3 is 1. The van der Waals surface area contributed by atoms with Crippen LogP contribution in [0, 0.1) is 0 Å². The van der Waals surface area contributed by atoms with Crippen molar-refractivity contribution >= 4 is 11.5 Å². The average molecular weight is 423 g/mol. The quantitative estimate of drug-likeness (QED) is 0.548. The summed E-state index contributed by atoms with van der Waals surface area (Å²) in [6.07, 6.45) is 5.18. The van der Waals surface area contributed by atoms with E-state index in [1.54, 1.807) is 7.11 Å². The molecule has 31 heavy (non-hydrogen) atoms. The van der Waals surface area contributed by atoms with Crippen LogP contribution in [0.1, 0.15) is 49.3 Å². The van der Waals surface area contributed by atoms with Gasteiger partial charge in [0, 0.05) is 36.1 Å². The van der Waals surface area contributed by atoms with Crippen molar-refractivity contribution in [3.63, 3.8) is 0 Å². The molecule has 8 heteroatoms. The number of nitrogens with zero attached hydrogens (tertiary/aromatic N) is 4. The Morgan fingerprint density at radius 3 is 2.74 bits per heavy atom. The molecule has 4 heterocycles. The zero-order chi connectivity index (χ0) is 21.4. The molecule has 164 valence electrons. The molecule has 1 unspecified atom stereocenters. The number of pyridine rings is 1. The SMILES string of the molecule is CCC(CNC)Nc1nc(-c2cnc3cc(OC)c(C4CC4)nn23)ccc1C1COC1. The van der Waals surface area contributed by atoms with Crippen molar-refractivity contribution in [3.05, 3.63) is 35.7 Å². The molecule has 1 saturated carbocycles. The van der Waals surface area contributed by atoms with Crippen LogP contribution in [0.4, 0.5) is 5.82 Å². The Morgan fingerprint density at radius 2 is 2.10 bits per heavy atom. The number of hydrogen-bond acceptors (Lipinski definition) is 7. The van der Waals surface area contributed by atoms with Gasteiger partial charge in [0.2, 0.25) is 0 Å². The van der Waals surface area contributed by atoms with E-state index in [1.807, 2.05) is 23.8 Å². The highest BCUT2D eigenvalue weighted by Crippen LogP contribution is 2.43. The molecule has 0 aromatic carbocycles. The molecule has 2 N–H and O–H groups in total. The summed E-state index contributed by atoms with van der Waals surface area (Å²) < 4.78 is 12.9. The highest BCUT2D eigenvalue weighted by molar-refractivity contribution is 5.64. The number of anilines is 1. The van der Waals surface area contributed by atoms with E-state index in [9.17, 15) is 0 Å². The van der Waals surface area contributed by atoms with Gasteiger partial charge in [-0.3, -0.25) is 0 Å². The molecule has 1 saturated heterocycles. The Morgan fingerprint density at radius 1 is 1.26 bits per heavy atom. The van der Waals surface area contributed by atoms with E-state index >= 15 is 0 Å². The second-order valence-electron chi connectivity index (χ2n) is 8.46. The lowest BCUT2D eigenvalue weighted by molar-refractivity contribution is 0.00856. The molecule has 8 nitrogen and oxygen atoms in total. The van der Waals surface area contributed by atoms with Crippen LogP contribution in [0.15, 0.2) is 24.4 Å². The van der Waals surface area contributed by atoms with Gasteiger partial charge in [-0.1, -0.05) is 13.0 Å². The summed E-state index contributed by atoms with van der Waals surface area (Å²) in [5, 5.41) is 11.8. The van der Waals surface area contributed by atoms with Gasteiger partial charge in [0.25, 0.3) is 0 Å². The molecular formula is C23H30N6O2. The van der Waals surface area contributed by atoms with Crippen LogP contribution >= 0.6 is 0 Å². The number of imidazole rings is 1. The molecule has 0 amide bonds. The molecule has 0 spiro atoms. The average Bonchev–Trinajstić information content (AvgIpc) is 3.52. The monoisotopic (exact) mass is 422 g/mol. The third-order valence-corrected chi connectivity index (χ3v) is 6.22. The number of nitrogens with one attached hydrogen (secondary N) is 2. The maximum Gasteiger partial charge on any atom is 0.157 e. The van der Waals surface area contributed by atoms with Crippen molar-refractivity contribution in [1.82, 2.24) is 24.9 Å². The lowest BCUT2D eigenvalue weighted by Crippen LogP contribution is -2.33. The van der Waals surface area contributed by atoms with E-state index in [0.717, 1.165) is 73.3 Å². The molecule has 1 atom stereocenters. The van der Waals surface area contributed by atoms with Gasteiger partial charge < -0.3 is 20.1 Å². The van der Waals surface area contributed by atoms with Crippen LogP contribution in [-0.2, 0) is 4.74 Å². The maximum absolute atomic E-state index is 5.57. The summed E-state index contributed by atoms with van der Waals surface area (Å²) in [5.41, 5.74) is 4.74. The van der Waals surface area contributed by atoms with E-state index < -0.39 is 0 Å². The lowest BCUT2D eigenvalue weighted by atomic mass is 9.97. The standard InChI is InChI=1S/C23H30N6O2/c1-4-16(10-24-2)26-23-17(15-12-31-13-15)7-8-18(27-23)19-11-25-21-9-20(30-3)22(14-5-6-14)28-29(19)21/h7-9,11,14-16,24H,4-6,10,12-13H2,1-3H3,(H,26,27). The molecule has 5 rings (SSSR count). The number of hydrogen-bond donors (Lipinski definition) is 2. The van der Waals surface area contributed by atoms with E-state index in [4.69, 9.17) is 19.6 Å². The smallest absolute Gasteiger partial charge is 0.157 e. The lowest BCUT2D eigenvalue weighted by Gasteiger charge is -2.29. The highest BCUT2D eigenvalue weighted by atomic mass is 16.5. The van der Waals surface area contributed by atoms with E-state index in [1.165, 1.54) is 5.56 Å². The fraction of sp³-hybridized carbons (Fsp3) is 0.522. The predicted octanol–water partition coefficient (Wildman–Crippen LogP) is 3.20. The van der Waals surface area contributed by atoms with Crippen molar-refractivity contribution < 1.29 is 9.47 Å². The van der Waals surface area contributed by atoms with Crippen molar-refractivity contribution in [2.24, 2.45) is 0 Å². The van der Waals surface area contributed by atoms with E-state index in [-0.39, 0.29) is 0 Å². The largest absolute Gasteiger partial charge is 0.495 e. The maximum atomic E-state index is 5.57.